The van der Waals surface area contributed by atoms with Crippen molar-refractivity contribution < 1.29 is 27.5 Å². The minimum Gasteiger partial charge on any atom is -0.437 e. The van der Waals surface area contributed by atoms with Crippen molar-refractivity contribution in [3.05, 3.63) is 34.7 Å². The standard InChI is InChI=1S/C22H25F3N2O3S/c1-14-4-5-17-16(12-14)13-18(31-17)19(28)27-9-3-6-21(27)7-10-26(11-8-21)20(29)30-15(2)22(23,24)25/h4-5,12-13,15H,3,6-11H2,1-2H3. The van der Waals surface area contributed by atoms with Gasteiger partial charge in [-0.1, -0.05) is 17.7 Å². The minimum absolute atomic E-state index is 0.00178. The highest BCUT2D eigenvalue weighted by molar-refractivity contribution is 7.20. The number of rotatable bonds is 2. The number of amides is 2. The molecule has 0 N–H and O–H groups in total. The summed E-state index contributed by atoms with van der Waals surface area (Å²) in [7, 11) is 0. The third-order valence-corrected chi connectivity index (χ3v) is 7.52. The molecule has 0 aliphatic carbocycles. The number of hydrogen-bond donors (Lipinski definition) is 0. The van der Waals surface area contributed by atoms with Crippen molar-refractivity contribution in [1.82, 2.24) is 9.80 Å². The maximum Gasteiger partial charge on any atom is 0.425 e. The second kappa shape index (κ2) is 8.00. The van der Waals surface area contributed by atoms with Crippen LogP contribution in [0.2, 0.25) is 0 Å². The number of fused-ring (bicyclic) bond motifs is 1. The molecule has 1 atom stereocenters. The van der Waals surface area contributed by atoms with Crippen LogP contribution in [0.4, 0.5) is 18.0 Å². The summed E-state index contributed by atoms with van der Waals surface area (Å²) in [4.78, 5) is 29.4. The fourth-order valence-electron chi connectivity index (χ4n) is 4.57. The number of likely N-dealkylation sites (tertiary alicyclic amines) is 2. The molecule has 2 saturated heterocycles. The highest BCUT2D eigenvalue weighted by atomic mass is 32.1. The van der Waals surface area contributed by atoms with E-state index in [9.17, 15) is 22.8 Å². The fraction of sp³-hybridized carbons (Fsp3) is 0.545. The van der Waals surface area contributed by atoms with E-state index in [0.717, 1.165) is 35.4 Å². The first kappa shape index (κ1) is 21.9. The quantitative estimate of drug-likeness (QED) is 0.613. The zero-order valence-corrected chi connectivity index (χ0v) is 18.3. The minimum atomic E-state index is -4.58. The van der Waals surface area contributed by atoms with Crippen LogP contribution in [0, 0.1) is 6.92 Å². The molecule has 0 radical (unpaired) electrons. The van der Waals surface area contributed by atoms with E-state index in [0.29, 0.717) is 24.3 Å². The van der Waals surface area contributed by atoms with Crippen LogP contribution in [0.25, 0.3) is 10.1 Å². The first-order chi connectivity index (χ1) is 14.6. The fourth-order valence-corrected chi connectivity index (χ4v) is 5.57. The van der Waals surface area contributed by atoms with Crippen LogP contribution in [0.3, 0.4) is 0 Å². The van der Waals surface area contributed by atoms with Crippen molar-refractivity contribution in [3.63, 3.8) is 0 Å². The number of aryl methyl sites for hydroxylation is 1. The van der Waals surface area contributed by atoms with Gasteiger partial charge in [-0.2, -0.15) is 13.2 Å². The van der Waals surface area contributed by atoms with Crippen LogP contribution in [0.1, 0.15) is 47.8 Å². The maximum atomic E-state index is 13.4. The lowest BCUT2D eigenvalue weighted by Crippen LogP contribution is -2.55. The number of alkyl halides is 3. The molecule has 31 heavy (non-hydrogen) atoms. The van der Waals surface area contributed by atoms with Gasteiger partial charge in [0.15, 0.2) is 6.10 Å². The molecule has 2 aromatic rings. The van der Waals surface area contributed by atoms with Gasteiger partial charge in [0.05, 0.1) is 4.88 Å². The largest absolute Gasteiger partial charge is 0.437 e. The van der Waals surface area contributed by atoms with Crippen molar-refractivity contribution in [2.75, 3.05) is 19.6 Å². The van der Waals surface area contributed by atoms with Crippen LogP contribution in [-0.4, -0.2) is 59.3 Å². The number of thiophene rings is 1. The maximum absolute atomic E-state index is 13.4. The Morgan fingerprint density at radius 2 is 1.84 bits per heavy atom. The van der Waals surface area contributed by atoms with Crippen LogP contribution < -0.4 is 0 Å². The zero-order valence-electron chi connectivity index (χ0n) is 17.5. The number of benzene rings is 1. The van der Waals surface area contributed by atoms with Crippen molar-refractivity contribution in [1.29, 1.82) is 0 Å². The van der Waals surface area contributed by atoms with Gasteiger partial charge in [-0.05, 0) is 57.0 Å². The molecule has 9 heteroatoms. The Morgan fingerprint density at radius 1 is 1.13 bits per heavy atom. The SMILES string of the molecule is Cc1ccc2sc(C(=O)N3CCCC34CCN(C(=O)OC(C)C(F)(F)F)CC4)cc2c1. The molecule has 0 saturated carbocycles. The molecule has 5 nitrogen and oxygen atoms in total. The second-order valence-electron chi connectivity index (χ2n) is 8.49. The summed E-state index contributed by atoms with van der Waals surface area (Å²) in [6.45, 7) is 4.05. The Bertz CT molecular complexity index is 996. The number of nitrogens with zero attached hydrogens (tertiary/aromatic N) is 2. The molecule has 2 amide bonds. The van der Waals surface area contributed by atoms with Crippen molar-refractivity contribution in [2.24, 2.45) is 0 Å². The summed E-state index contributed by atoms with van der Waals surface area (Å²) >= 11 is 1.48. The summed E-state index contributed by atoms with van der Waals surface area (Å²) < 4.78 is 43.7. The summed E-state index contributed by atoms with van der Waals surface area (Å²) in [6, 6.07) is 8.05. The normalized spacial score (nSPS) is 19.8. The zero-order chi connectivity index (χ0) is 22.4. The van der Waals surface area contributed by atoms with Crippen LogP contribution in [0.5, 0.6) is 0 Å². The van der Waals surface area contributed by atoms with Gasteiger partial charge in [-0.3, -0.25) is 4.79 Å². The molecule has 2 fully saturated rings. The highest BCUT2D eigenvalue weighted by Crippen LogP contribution is 2.41. The van der Waals surface area contributed by atoms with E-state index in [1.165, 1.54) is 16.2 Å². The van der Waals surface area contributed by atoms with Gasteiger partial charge in [0.1, 0.15) is 0 Å². The van der Waals surface area contributed by atoms with Gasteiger partial charge in [0.25, 0.3) is 5.91 Å². The van der Waals surface area contributed by atoms with Gasteiger partial charge in [0, 0.05) is 29.9 Å². The van der Waals surface area contributed by atoms with Crippen molar-refractivity contribution >= 4 is 33.4 Å². The molecular formula is C22H25F3N2O3S. The molecule has 1 spiro atoms. The number of hydrogen-bond acceptors (Lipinski definition) is 4. The average Bonchev–Trinajstić information content (AvgIpc) is 3.31. The smallest absolute Gasteiger partial charge is 0.425 e. The molecule has 1 aromatic carbocycles. The lowest BCUT2D eigenvalue weighted by molar-refractivity contribution is -0.200. The van der Waals surface area contributed by atoms with E-state index in [1.807, 2.05) is 30.0 Å². The first-order valence-electron chi connectivity index (χ1n) is 10.4. The van der Waals surface area contributed by atoms with Gasteiger partial charge >= 0.3 is 12.3 Å². The predicted molar refractivity (Wildman–Crippen MR) is 112 cm³/mol. The summed E-state index contributed by atoms with van der Waals surface area (Å²) in [6.07, 6.45) is -4.87. The lowest BCUT2D eigenvalue weighted by Gasteiger charge is -2.44. The van der Waals surface area contributed by atoms with Gasteiger partial charge in [-0.25, -0.2) is 4.79 Å². The summed E-state index contributed by atoms with van der Waals surface area (Å²) in [5.74, 6) is -0.00178. The van der Waals surface area contributed by atoms with E-state index < -0.39 is 18.4 Å². The molecule has 1 aromatic heterocycles. The second-order valence-corrected chi connectivity index (χ2v) is 9.58. The molecule has 168 valence electrons. The van der Waals surface area contributed by atoms with Crippen molar-refractivity contribution in [2.45, 2.75) is 57.3 Å². The Hall–Kier alpha value is -2.29. The Kier molecular flexibility index (Phi) is 5.66. The van der Waals surface area contributed by atoms with Gasteiger partial charge in [-0.15, -0.1) is 11.3 Å². The monoisotopic (exact) mass is 454 g/mol. The molecule has 0 bridgehead atoms. The number of ether oxygens (including phenoxy) is 1. The predicted octanol–water partition coefficient (Wildman–Crippen LogP) is 5.37. The Labute approximate surface area is 182 Å². The van der Waals surface area contributed by atoms with Crippen LogP contribution in [0.15, 0.2) is 24.3 Å². The number of halogens is 3. The summed E-state index contributed by atoms with van der Waals surface area (Å²) in [5, 5.41) is 1.05. The molecule has 4 rings (SSSR count). The average molecular weight is 455 g/mol. The Balaban J connectivity index is 1.44. The molecular weight excluding hydrogens is 429 g/mol. The van der Waals surface area contributed by atoms with Crippen LogP contribution in [-0.2, 0) is 4.74 Å². The lowest BCUT2D eigenvalue weighted by atomic mass is 9.85. The van der Waals surface area contributed by atoms with Crippen molar-refractivity contribution in [3.8, 4) is 0 Å². The first-order valence-corrected chi connectivity index (χ1v) is 11.3. The summed E-state index contributed by atoms with van der Waals surface area (Å²) in [5.41, 5.74) is 0.788. The van der Waals surface area contributed by atoms with Gasteiger partial charge in [0.2, 0.25) is 0 Å². The number of piperidine rings is 1. The topological polar surface area (TPSA) is 49.9 Å². The van der Waals surface area contributed by atoms with E-state index in [-0.39, 0.29) is 24.5 Å². The molecule has 1 unspecified atom stereocenters. The molecule has 3 heterocycles. The van der Waals surface area contributed by atoms with E-state index in [1.54, 1.807) is 0 Å². The third kappa shape index (κ3) is 4.24. The molecule has 2 aliphatic rings. The van der Waals surface area contributed by atoms with Gasteiger partial charge < -0.3 is 14.5 Å². The number of carbonyl (C=O) groups is 2. The van der Waals surface area contributed by atoms with Crippen LogP contribution >= 0.6 is 11.3 Å². The molecule has 2 aliphatic heterocycles. The third-order valence-electron chi connectivity index (χ3n) is 6.42. The van der Waals surface area contributed by atoms with E-state index in [4.69, 9.17) is 0 Å². The van der Waals surface area contributed by atoms with E-state index >= 15 is 0 Å². The Morgan fingerprint density at radius 3 is 2.52 bits per heavy atom. The highest BCUT2D eigenvalue weighted by Gasteiger charge is 2.47. The van der Waals surface area contributed by atoms with E-state index in [2.05, 4.69) is 10.8 Å². The number of carbonyl (C=O) groups excluding carboxylic acids is 2.